The fraction of sp³-hybridized carbons (Fsp3) is 0.900. The zero-order chi connectivity index (χ0) is 9.78. The standard InChI is InChI=1S/C10H23NSi/c1-9(2)7-11-10(3)8-12(4,5)6/h9H,7-8H2,1-6H3. The third-order valence-corrected chi connectivity index (χ3v) is 3.08. The lowest BCUT2D eigenvalue weighted by Gasteiger charge is -2.15. The Morgan fingerprint density at radius 2 is 1.75 bits per heavy atom. The molecule has 0 saturated heterocycles. The topological polar surface area (TPSA) is 12.4 Å². The zero-order valence-corrected chi connectivity index (χ0v) is 10.4. The van der Waals surface area contributed by atoms with Crippen LogP contribution in [-0.2, 0) is 0 Å². The van der Waals surface area contributed by atoms with Gasteiger partial charge >= 0.3 is 0 Å². The van der Waals surface area contributed by atoms with E-state index in [-0.39, 0.29) is 0 Å². The van der Waals surface area contributed by atoms with E-state index in [2.05, 4.69) is 45.4 Å². The van der Waals surface area contributed by atoms with Crippen LogP contribution in [0.2, 0.25) is 25.7 Å². The Kier molecular flexibility index (Phi) is 4.76. The van der Waals surface area contributed by atoms with Crippen molar-refractivity contribution in [3.05, 3.63) is 0 Å². The Balaban J connectivity index is 3.86. The molecule has 0 aliphatic rings. The van der Waals surface area contributed by atoms with Crippen LogP contribution in [0.3, 0.4) is 0 Å². The highest BCUT2D eigenvalue weighted by Gasteiger charge is 2.13. The van der Waals surface area contributed by atoms with Crippen LogP contribution in [0, 0.1) is 5.92 Å². The lowest BCUT2D eigenvalue weighted by atomic mass is 10.2. The number of hydrogen-bond donors (Lipinski definition) is 0. The van der Waals surface area contributed by atoms with Gasteiger partial charge in [0.2, 0.25) is 0 Å². The molecule has 0 fully saturated rings. The molecule has 0 radical (unpaired) electrons. The first-order valence-corrected chi connectivity index (χ1v) is 8.52. The zero-order valence-electron chi connectivity index (χ0n) is 9.44. The molecule has 0 aromatic heterocycles. The molecule has 0 bridgehead atoms. The molecule has 2 heteroatoms. The number of aliphatic imine (C=N–C) groups is 1. The summed E-state index contributed by atoms with van der Waals surface area (Å²) in [5.74, 6) is 0.696. The summed E-state index contributed by atoms with van der Waals surface area (Å²) in [7, 11) is -0.923. The van der Waals surface area contributed by atoms with Gasteiger partial charge in [-0.15, -0.1) is 0 Å². The van der Waals surface area contributed by atoms with E-state index in [0.29, 0.717) is 5.92 Å². The van der Waals surface area contributed by atoms with Gasteiger partial charge in [-0.3, -0.25) is 4.99 Å². The molecule has 1 nitrogen and oxygen atoms in total. The van der Waals surface area contributed by atoms with Crippen LogP contribution < -0.4 is 0 Å². The van der Waals surface area contributed by atoms with E-state index >= 15 is 0 Å². The van der Waals surface area contributed by atoms with Crippen molar-refractivity contribution in [3.8, 4) is 0 Å². The second kappa shape index (κ2) is 4.80. The molecule has 0 unspecified atom stereocenters. The van der Waals surface area contributed by atoms with Crippen molar-refractivity contribution in [1.29, 1.82) is 0 Å². The molecule has 0 atom stereocenters. The number of nitrogens with zero attached hydrogens (tertiary/aromatic N) is 1. The summed E-state index contributed by atoms with van der Waals surface area (Å²) in [4.78, 5) is 4.56. The van der Waals surface area contributed by atoms with Crippen molar-refractivity contribution in [2.24, 2.45) is 10.9 Å². The predicted octanol–water partition coefficient (Wildman–Crippen LogP) is 3.44. The maximum atomic E-state index is 4.56. The number of hydrogen-bond acceptors (Lipinski definition) is 1. The van der Waals surface area contributed by atoms with Gasteiger partial charge in [-0.1, -0.05) is 33.5 Å². The third kappa shape index (κ3) is 7.99. The molecule has 0 amide bonds. The molecule has 0 aliphatic carbocycles. The second-order valence-corrected chi connectivity index (χ2v) is 10.7. The second-order valence-electron chi connectivity index (χ2n) is 5.21. The molecule has 0 N–H and O–H groups in total. The van der Waals surface area contributed by atoms with Gasteiger partial charge in [0.15, 0.2) is 0 Å². The average Bonchev–Trinajstić information content (AvgIpc) is 1.79. The van der Waals surface area contributed by atoms with Gasteiger partial charge in [-0.05, 0) is 18.9 Å². The van der Waals surface area contributed by atoms with Gasteiger partial charge in [0.05, 0.1) is 8.07 Å². The van der Waals surface area contributed by atoms with Crippen molar-refractivity contribution in [2.45, 2.75) is 46.5 Å². The fourth-order valence-electron chi connectivity index (χ4n) is 1.16. The molecule has 0 saturated carbocycles. The van der Waals surface area contributed by atoms with Gasteiger partial charge < -0.3 is 0 Å². The third-order valence-electron chi connectivity index (χ3n) is 1.51. The van der Waals surface area contributed by atoms with Gasteiger partial charge in [0, 0.05) is 12.3 Å². The SMILES string of the molecule is CC(C[Si](C)(C)C)=NCC(C)C. The minimum atomic E-state index is -0.923. The maximum absolute atomic E-state index is 4.56. The van der Waals surface area contributed by atoms with Crippen molar-refractivity contribution >= 4 is 13.8 Å². The lowest BCUT2D eigenvalue weighted by Crippen LogP contribution is -2.22. The summed E-state index contributed by atoms with van der Waals surface area (Å²) >= 11 is 0. The van der Waals surface area contributed by atoms with Crippen molar-refractivity contribution < 1.29 is 0 Å². The van der Waals surface area contributed by atoms with Crippen LogP contribution >= 0.6 is 0 Å². The molecular formula is C10H23NSi. The summed E-state index contributed by atoms with van der Waals surface area (Å²) in [6.07, 6.45) is 0. The van der Waals surface area contributed by atoms with Crippen molar-refractivity contribution in [2.75, 3.05) is 6.54 Å². The normalized spacial score (nSPS) is 14.1. The van der Waals surface area contributed by atoms with E-state index in [1.54, 1.807) is 0 Å². The molecular weight excluding hydrogens is 162 g/mol. The minimum absolute atomic E-state index is 0.696. The molecule has 0 heterocycles. The Morgan fingerprint density at radius 3 is 2.08 bits per heavy atom. The molecule has 0 aliphatic heterocycles. The Morgan fingerprint density at radius 1 is 1.25 bits per heavy atom. The highest BCUT2D eigenvalue weighted by molar-refractivity contribution is 6.78. The van der Waals surface area contributed by atoms with Gasteiger partial charge in [0.25, 0.3) is 0 Å². The highest BCUT2D eigenvalue weighted by atomic mass is 28.3. The van der Waals surface area contributed by atoms with Crippen LogP contribution in [0.4, 0.5) is 0 Å². The van der Waals surface area contributed by atoms with Gasteiger partial charge in [-0.2, -0.15) is 0 Å². The summed E-state index contributed by atoms with van der Waals surface area (Å²) in [6.45, 7) is 14.8. The fourth-order valence-corrected chi connectivity index (χ4v) is 2.81. The smallest absolute Gasteiger partial charge is 0.0502 e. The Labute approximate surface area is 78.3 Å². The number of rotatable bonds is 4. The lowest BCUT2D eigenvalue weighted by molar-refractivity contribution is 0.665. The van der Waals surface area contributed by atoms with Crippen LogP contribution in [0.5, 0.6) is 0 Å². The molecule has 0 spiro atoms. The quantitative estimate of drug-likeness (QED) is 0.470. The van der Waals surface area contributed by atoms with Crippen LogP contribution in [0.15, 0.2) is 4.99 Å². The van der Waals surface area contributed by atoms with Gasteiger partial charge in [0.1, 0.15) is 0 Å². The summed E-state index contributed by atoms with van der Waals surface area (Å²) in [6, 6.07) is 1.25. The van der Waals surface area contributed by atoms with E-state index in [1.807, 2.05) is 0 Å². The average molecular weight is 185 g/mol. The van der Waals surface area contributed by atoms with Crippen LogP contribution in [0.25, 0.3) is 0 Å². The van der Waals surface area contributed by atoms with E-state index < -0.39 is 8.07 Å². The first-order valence-electron chi connectivity index (χ1n) is 4.81. The summed E-state index contributed by atoms with van der Waals surface area (Å²) < 4.78 is 0. The van der Waals surface area contributed by atoms with E-state index in [1.165, 1.54) is 11.8 Å². The molecule has 0 rings (SSSR count). The summed E-state index contributed by atoms with van der Waals surface area (Å²) in [5.41, 5.74) is 1.35. The molecule has 12 heavy (non-hydrogen) atoms. The van der Waals surface area contributed by atoms with Crippen LogP contribution in [-0.4, -0.2) is 20.3 Å². The van der Waals surface area contributed by atoms with Crippen molar-refractivity contribution in [3.63, 3.8) is 0 Å². The minimum Gasteiger partial charge on any atom is -0.294 e. The monoisotopic (exact) mass is 185 g/mol. The molecule has 0 aromatic rings. The van der Waals surface area contributed by atoms with Crippen molar-refractivity contribution in [1.82, 2.24) is 0 Å². The first kappa shape index (κ1) is 11.9. The van der Waals surface area contributed by atoms with E-state index in [4.69, 9.17) is 0 Å². The van der Waals surface area contributed by atoms with Crippen LogP contribution in [0.1, 0.15) is 20.8 Å². The molecule has 0 aromatic carbocycles. The Hall–Kier alpha value is -0.113. The summed E-state index contributed by atoms with van der Waals surface area (Å²) in [5, 5.41) is 0. The largest absolute Gasteiger partial charge is 0.294 e. The van der Waals surface area contributed by atoms with E-state index in [9.17, 15) is 0 Å². The molecule has 72 valence electrons. The highest BCUT2D eigenvalue weighted by Crippen LogP contribution is 2.09. The Bertz CT molecular complexity index is 154. The van der Waals surface area contributed by atoms with Gasteiger partial charge in [-0.25, -0.2) is 0 Å². The first-order chi connectivity index (χ1) is 5.31. The predicted molar refractivity (Wildman–Crippen MR) is 61.0 cm³/mol. The maximum Gasteiger partial charge on any atom is 0.0502 e. The van der Waals surface area contributed by atoms with E-state index in [0.717, 1.165) is 6.54 Å².